The third-order valence-electron chi connectivity index (χ3n) is 5.31. The van der Waals surface area contributed by atoms with Crippen molar-refractivity contribution in [3.05, 3.63) is 52.1 Å². The maximum atomic E-state index is 13.6. The number of H-pyrrole nitrogens is 1. The Kier molecular flexibility index (Phi) is 3.70. The molecule has 2 aromatic rings. The number of hydrogen-bond donors (Lipinski definition) is 4. The van der Waals surface area contributed by atoms with E-state index >= 15 is 0 Å². The van der Waals surface area contributed by atoms with Crippen molar-refractivity contribution in [2.45, 2.75) is 32.4 Å². The lowest BCUT2D eigenvalue weighted by Gasteiger charge is -2.20. The van der Waals surface area contributed by atoms with E-state index in [-0.39, 0.29) is 5.82 Å². The highest BCUT2D eigenvalue weighted by Crippen LogP contribution is 2.37. The molecule has 0 fully saturated rings. The van der Waals surface area contributed by atoms with Crippen LogP contribution in [0, 0.1) is 18.7 Å². The van der Waals surface area contributed by atoms with Gasteiger partial charge in [0.05, 0.1) is 0 Å². The zero-order valence-corrected chi connectivity index (χ0v) is 13.7. The normalized spacial score (nSPS) is 23.9. The molecule has 1 aliphatic carbocycles. The van der Waals surface area contributed by atoms with Gasteiger partial charge in [0.15, 0.2) is 6.23 Å². The second-order valence-electron chi connectivity index (χ2n) is 6.80. The van der Waals surface area contributed by atoms with Gasteiger partial charge in [0, 0.05) is 28.2 Å². The highest BCUT2D eigenvalue weighted by atomic mass is 19.1. The van der Waals surface area contributed by atoms with Gasteiger partial charge in [0.1, 0.15) is 5.82 Å². The van der Waals surface area contributed by atoms with Gasteiger partial charge >= 0.3 is 0 Å². The van der Waals surface area contributed by atoms with Crippen LogP contribution in [0.1, 0.15) is 34.5 Å². The summed E-state index contributed by atoms with van der Waals surface area (Å²) in [5, 5.41) is 13.3. The average Bonchev–Trinajstić information content (AvgIpc) is 3.05. The first-order valence-electron chi connectivity index (χ1n) is 8.43. The summed E-state index contributed by atoms with van der Waals surface area (Å²) in [6.07, 6.45) is 4.25. The first-order valence-corrected chi connectivity index (χ1v) is 8.43. The number of aromatic nitrogens is 1. The number of nitrogens with two attached hydrogens (primary N) is 1. The van der Waals surface area contributed by atoms with Crippen LogP contribution in [0.3, 0.4) is 0 Å². The lowest BCUT2D eigenvalue weighted by molar-refractivity contribution is 0.266. The summed E-state index contributed by atoms with van der Waals surface area (Å²) in [4.78, 5) is 3.49. The van der Waals surface area contributed by atoms with E-state index in [0.29, 0.717) is 23.6 Å². The number of fused-ring (bicyclic) bond motifs is 2. The Labute approximate surface area is 140 Å². The average molecular weight is 327 g/mol. The lowest BCUT2D eigenvalue weighted by atomic mass is 9.86. The van der Waals surface area contributed by atoms with Gasteiger partial charge in [-0.1, -0.05) is 0 Å². The highest BCUT2D eigenvalue weighted by Gasteiger charge is 2.27. The molecule has 0 radical (unpaired) electrons. The van der Waals surface area contributed by atoms with Gasteiger partial charge in [-0.25, -0.2) is 4.39 Å². The van der Waals surface area contributed by atoms with Crippen molar-refractivity contribution in [1.82, 2.24) is 4.98 Å². The number of aromatic amines is 1. The summed E-state index contributed by atoms with van der Waals surface area (Å²) < 4.78 is 13.6. The molecule has 24 heavy (non-hydrogen) atoms. The van der Waals surface area contributed by atoms with E-state index in [9.17, 15) is 9.50 Å². The summed E-state index contributed by atoms with van der Waals surface area (Å²) in [5.74, 6) is 0.230. The highest BCUT2D eigenvalue weighted by molar-refractivity contribution is 5.94. The summed E-state index contributed by atoms with van der Waals surface area (Å²) >= 11 is 0. The van der Waals surface area contributed by atoms with Gasteiger partial charge in [-0.05, 0) is 74.1 Å². The van der Waals surface area contributed by atoms with Crippen molar-refractivity contribution < 1.29 is 9.50 Å². The summed E-state index contributed by atoms with van der Waals surface area (Å²) in [6.45, 7) is 2.81. The standard InChI is InChI=1S/C19H22FN3O/c1-10-13-4-2-11(9-21)6-18(13)22-17(10)8-15-14-7-12(20)3-5-16(14)23-19(15)24/h3,5,7-8,11,19,22-24H,2,4,6,9,21H2,1H3/b15-8-. The smallest absolute Gasteiger partial charge is 0.151 e. The molecular weight excluding hydrogens is 305 g/mol. The number of aliphatic hydroxyl groups is 1. The van der Waals surface area contributed by atoms with Gasteiger partial charge in [0.2, 0.25) is 0 Å². The summed E-state index contributed by atoms with van der Waals surface area (Å²) in [5.41, 5.74) is 12.8. The van der Waals surface area contributed by atoms with Crippen LogP contribution in [-0.4, -0.2) is 22.9 Å². The quantitative estimate of drug-likeness (QED) is 0.685. The van der Waals surface area contributed by atoms with E-state index in [1.807, 2.05) is 6.08 Å². The molecule has 4 nitrogen and oxygen atoms in total. The zero-order chi connectivity index (χ0) is 16.8. The van der Waals surface area contributed by atoms with E-state index in [0.717, 1.165) is 30.6 Å². The Morgan fingerprint density at radius 3 is 3.04 bits per heavy atom. The van der Waals surface area contributed by atoms with Gasteiger partial charge in [-0.3, -0.25) is 0 Å². The predicted octanol–water partition coefficient (Wildman–Crippen LogP) is 2.81. The fourth-order valence-corrected chi connectivity index (χ4v) is 3.88. The van der Waals surface area contributed by atoms with E-state index < -0.39 is 6.23 Å². The summed E-state index contributed by atoms with van der Waals surface area (Å²) in [7, 11) is 0. The molecule has 2 unspecified atom stereocenters. The fourth-order valence-electron chi connectivity index (χ4n) is 3.88. The van der Waals surface area contributed by atoms with E-state index in [2.05, 4.69) is 17.2 Å². The molecule has 126 valence electrons. The van der Waals surface area contributed by atoms with Crippen LogP contribution in [0.15, 0.2) is 18.2 Å². The molecule has 0 amide bonds. The van der Waals surface area contributed by atoms with E-state index in [1.165, 1.54) is 29.0 Å². The minimum absolute atomic E-state index is 0.302. The van der Waals surface area contributed by atoms with Crippen LogP contribution >= 0.6 is 0 Å². The Morgan fingerprint density at radius 2 is 2.25 bits per heavy atom. The zero-order valence-electron chi connectivity index (χ0n) is 13.7. The Hall–Kier alpha value is -2.11. The van der Waals surface area contributed by atoms with Crippen LogP contribution in [0.25, 0.3) is 11.6 Å². The molecular formula is C19H22FN3O. The first kappa shape index (κ1) is 15.4. The van der Waals surface area contributed by atoms with Gasteiger partial charge in [0.25, 0.3) is 0 Å². The van der Waals surface area contributed by atoms with E-state index in [4.69, 9.17) is 5.73 Å². The van der Waals surface area contributed by atoms with Gasteiger partial charge < -0.3 is 21.1 Å². The number of rotatable bonds is 2. The first-order chi connectivity index (χ1) is 11.6. The summed E-state index contributed by atoms with van der Waals surface area (Å²) in [6, 6.07) is 4.52. The van der Waals surface area contributed by atoms with Gasteiger partial charge in [-0.2, -0.15) is 0 Å². The molecule has 0 saturated heterocycles. The second kappa shape index (κ2) is 5.76. The number of aliphatic hydroxyl groups excluding tert-OH is 1. The molecule has 1 aliphatic heterocycles. The van der Waals surface area contributed by atoms with Crippen molar-refractivity contribution >= 4 is 17.3 Å². The number of halogens is 1. The molecule has 2 atom stereocenters. The van der Waals surface area contributed by atoms with Crippen molar-refractivity contribution in [2.75, 3.05) is 11.9 Å². The third-order valence-corrected chi connectivity index (χ3v) is 5.31. The van der Waals surface area contributed by atoms with Crippen LogP contribution in [0.2, 0.25) is 0 Å². The van der Waals surface area contributed by atoms with Crippen molar-refractivity contribution in [2.24, 2.45) is 11.7 Å². The molecule has 5 heteroatoms. The molecule has 0 bridgehead atoms. The molecule has 5 N–H and O–H groups in total. The number of nitrogens with one attached hydrogen (secondary N) is 2. The molecule has 0 saturated carbocycles. The Balaban J connectivity index is 1.75. The molecule has 0 spiro atoms. The van der Waals surface area contributed by atoms with Crippen LogP contribution in [0.4, 0.5) is 10.1 Å². The SMILES string of the molecule is Cc1c(/C=C2/c3cc(F)ccc3NC2O)[nH]c2c1CCC(CN)C2. The fraction of sp³-hybridized carbons (Fsp3) is 0.368. The number of anilines is 1. The molecule has 2 heterocycles. The molecule has 2 aliphatic rings. The Morgan fingerprint density at radius 1 is 1.42 bits per heavy atom. The minimum Gasteiger partial charge on any atom is -0.369 e. The Bertz CT molecular complexity index is 824. The molecule has 4 rings (SSSR count). The lowest BCUT2D eigenvalue weighted by Crippen LogP contribution is -2.22. The number of hydrogen-bond acceptors (Lipinski definition) is 3. The van der Waals surface area contributed by atoms with Crippen LogP contribution in [-0.2, 0) is 12.8 Å². The van der Waals surface area contributed by atoms with Crippen molar-refractivity contribution in [3.63, 3.8) is 0 Å². The largest absolute Gasteiger partial charge is 0.369 e. The minimum atomic E-state index is -0.821. The van der Waals surface area contributed by atoms with Gasteiger partial charge in [-0.15, -0.1) is 0 Å². The predicted molar refractivity (Wildman–Crippen MR) is 94.0 cm³/mol. The monoisotopic (exact) mass is 327 g/mol. The molecule has 1 aromatic heterocycles. The van der Waals surface area contributed by atoms with Crippen molar-refractivity contribution in [1.29, 1.82) is 0 Å². The van der Waals surface area contributed by atoms with Crippen molar-refractivity contribution in [3.8, 4) is 0 Å². The maximum absolute atomic E-state index is 13.6. The van der Waals surface area contributed by atoms with Crippen LogP contribution in [0.5, 0.6) is 0 Å². The topological polar surface area (TPSA) is 74.1 Å². The second-order valence-corrected chi connectivity index (χ2v) is 6.80. The number of benzene rings is 1. The van der Waals surface area contributed by atoms with Crippen LogP contribution < -0.4 is 11.1 Å². The molecule has 1 aromatic carbocycles. The third kappa shape index (κ3) is 2.44. The maximum Gasteiger partial charge on any atom is 0.151 e. The van der Waals surface area contributed by atoms with E-state index in [1.54, 1.807) is 6.07 Å².